The highest BCUT2D eigenvalue weighted by atomic mass is 19.1. The quantitative estimate of drug-likeness (QED) is 0.416. The molecule has 2 N–H and O–H groups in total. The Hall–Kier alpha value is -4.37. The third-order valence-corrected chi connectivity index (χ3v) is 6.75. The van der Waals surface area contributed by atoms with E-state index in [2.05, 4.69) is 14.6 Å². The van der Waals surface area contributed by atoms with Crippen molar-refractivity contribution in [2.24, 2.45) is 5.92 Å². The van der Waals surface area contributed by atoms with Gasteiger partial charge in [-0.05, 0) is 39.7 Å². The highest BCUT2D eigenvalue weighted by molar-refractivity contribution is 6.25. The van der Waals surface area contributed by atoms with Crippen LogP contribution >= 0.6 is 0 Å². The highest BCUT2D eigenvalue weighted by Gasteiger charge is 2.39. The summed E-state index contributed by atoms with van der Waals surface area (Å²) in [5, 5.41) is 12.1. The molecule has 0 radical (unpaired) electrons. The molecule has 0 spiro atoms. The summed E-state index contributed by atoms with van der Waals surface area (Å²) in [6.07, 6.45) is 2.14. The second-order valence-electron chi connectivity index (χ2n) is 11.4. The van der Waals surface area contributed by atoms with Crippen LogP contribution in [0, 0.1) is 11.7 Å². The van der Waals surface area contributed by atoms with Crippen molar-refractivity contribution in [2.45, 2.75) is 65.1 Å². The molecular weight excluding hydrogens is 587 g/mol. The Labute approximate surface area is 252 Å². The molecule has 2 fully saturated rings. The largest absolute Gasteiger partial charge is 0.580 e. The van der Waals surface area contributed by atoms with Crippen LogP contribution in [0.5, 0.6) is 5.75 Å². The Bertz CT molecular complexity index is 1480. The van der Waals surface area contributed by atoms with Crippen molar-refractivity contribution < 1.29 is 51.8 Å². The van der Waals surface area contributed by atoms with Gasteiger partial charge in [0.05, 0.1) is 30.7 Å². The molecule has 1 aromatic heterocycles. The maximum Gasteiger partial charge on any atom is 0.580 e. The van der Waals surface area contributed by atoms with E-state index < -0.39 is 65.0 Å². The summed E-state index contributed by atoms with van der Waals surface area (Å²) in [4.78, 5) is 58.4. The number of halogens is 2. The van der Waals surface area contributed by atoms with Gasteiger partial charge in [-0.25, -0.2) is 14.0 Å². The van der Waals surface area contributed by atoms with Crippen molar-refractivity contribution in [2.75, 3.05) is 31.8 Å². The number of alkyl halides is 1. The molecule has 2 aliphatic rings. The minimum atomic E-state index is -1.39. The fourth-order valence-electron chi connectivity index (χ4n) is 4.75. The van der Waals surface area contributed by atoms with Crippen molar-refractivity contribution >= 4 is 48.3 Å². The Morgan fingerprint density at radius 2 is 1.73 bits per heavy atom. The van der Waals surface area contributed by atoms with Gasteiger partial charge in [0.25, 0.3) is 11.9 Å². The van der Waals surface area contributed by atoms with Gasteiger partial charge in [0.15, 0.2) is 11.6 Å². The molecule has 1 saturated carbocycles. The fourth-order valence-corrected chi connectivity index (χ4v) is 4.75. The lowest BCUT2D eigenvalue weighted by atomic mass is 10.1. The molecule has 1 amide bonds. The predicted octanol–water partition coefficient (Wildman–Crippen LogP) is 2.86. The van der Waals surface area contributed by atoms with E-state index in [-0.39, 0.29) is 43.6 Å². The van der Waals surface area contributed by atoms with E-state index in [9.17, 15) is 33.5 Å². The predicted molar refractivity (Wildman–Crippen MR) is 155 cm³/mol. The van der Waals surface area contributed by atoms with Crippen LogP contribution < -0.4 is 20.4 Å². The van der Waals surface area contributed by atoms with Crippen LogP contribution in [0.2, 0.25) is 0 Å². The van der Waals surface area contributed by atoms with Crippen molar-refractivity contribution in [3.8, 4) is 5.75 Å². The molecule has 13 nitrogen and oxygen atoms in total. The second kappa shape index (κ2) is 13.9. The van der Waals surface area contributed by atoms with Gasteiger partial charge in [0.1, 0.15) is 16.9 Å². The van der Waals surface area contributed by atoms with E-state index in [1.165, 1.54) is 27.2 Å². The van der Waals surface area contributed by atoms with Gasteiger partial charge in [-0.2, -0.15) is 0 Å². The molecule has 16 heteroatoms. The molecule has 0 unspecified atom stereocenters. The molecule has 2 heterocycles. The number of benzene rings is 1. The van der Waals surface area contributed by atoms with Crippen LogP contribution in [0.25, 0.3) is 10.9 Å². The molecule has 4 rings (SSSR count). The summed E-state index contributed by atoms with van der Waals surface area (Å²) in [6, 6.07) is 0.330. The topological polar surface area (TPSA) is 163 Å². The number of carbonyl (C=O) groups is 4. The normalized spacial score (nSPS) is 17.7. The van der Waals surface area contributed by atoms with E-state index >= 15 is 4.39 Å². The van der Waals surface area contributed by atoms with Crippen molar-refractivity contribution in [1.29, 1.82) is 0 Å². The molecule has 2 aromatic rings. The van der Waals surface area contributed by atoms with E-state index in [0.717, 1.165) is 18.9 Å². The van der Waals surface area contributed by atoms with E-state index in [1.807, 2.05) is 0 Å². The van der Waals surface area contributed by atoms with Crippen LogP contribution in [0.4, 0.5) is 19.3 Å². The average Bonchev–Trinajstić information content (AvgIpc) is 3.67. The number of nitrogens with one attached hydrogen (secondary N) is 1. The number of carbonyl (C=O) groups excluding carboxylic acids is 3. The number of pyridine rings is 1. The van der Waals surface area contributed by atoms with Crippen LogP contribution in [0.15, 0.2) is 17.1 Å². The Morgan fingerprint density at radius 3 is 2.20 bits per heavy atom. The van der Waals surface area contributed by atoms with Gasteiger partial charge in [0, 0.05) is 45.1 Å². The van der Waals surface area contributed by atoms with Gasteiger partial charge in [0.2, 0.25) is 5.43 Å². The first-order valence-electron chi connectivity index (χ1n) is 13.8. The lowest BCUT2D eigenvalue weighted by molar-refractivity contribution is -0.136. The number of hydrogen-bond acceptors (Lipinski definition) is 10. The Kier molecular flexibility index (Phi) is 10.8. The summed E-state index contributed by atoms with van der Waals surface area (Å²) in [5.41, 5.74) is -1.66. The second-order valence-corrected chi connectivity index (χ2v) is 11.4. The molecular formula is C28H36BF2N3O10. The van der Waals surface area contributed by atoms with Crippen LogP contribution in [-0.2, 0) is 23.6 Å². The highest BCUT2D eigenvalue weighted by Crippen LogP contribution is 2.44. The number of methoxy groups -OCH3 is 1. The number of nitrogens with zero attached hydrogens (tertiary/aromatic N) is 2. The van der Waals surface area contributed by atoms with Crippen LogP contribution in [0.1, 0.15) is 63.9 Å². The van der Waals surface area contributed by atoms with Gasteiger partial charge in [-0.3, -0.25) is 18.8 Å². The first kappa shape index (κ1) is 34.1. The lowest BCUT2D eigenvalue weighted by Crippen LogP contribution is -2.43. The van der Waals surface area contributed by atoms with Crippen molar-refractivity contribution in [3.05, 3.63) is 33.9 Å². The number of rotatable bonds is 8. The number of hydrogen-bond donors (Lipinski definition) is 2. The third-order valence-electron chi connectivity index (χ3n) is 6.75. The zero-order valence-corrected chi connectivity index (χ0v) is 25.4. The Balaban J connectivity index is 0.000000512. The van der Waals surface area contributed by atoms with Crippen molar-refractivity contribution in [3.63, 3.8) is 0 Å². The third kappa shape index (κ3) is 8.38. The number of alkyl carbamates (subject to hydrolysis) is 1. The molecule has 0 bridgehead atoms. The summed E-state index contributed by atoms with van der Waals surface area (Å²) in [6.45, 7) is 7.06. The van der Waals surface area contributed by atoms with Crippen molar-refractivity contribution in [1.82, 2.24) is 9.88 Å². The molecule has 44 heavy (non-hydrogen) atoms. The number of anilines is 1. The molecule has 2 atom stereocenters. The average molecular weight is 623 g/mol. The first-order chi connectivity index (χ1) is 20.6. The number of carboxylic acid groups (broad SMARTS) is 1. The number of aromatic nitrogens is 1. The maximum atomic E-state index is 15.5. The van der Waals surface area contributed by atoms with E-state index in [0.29, 0.717) is 5.52 Å². The standard InChI is InChI=1S/C24H29F2N3O6.C4H7BO4/c1-24(2,3)35-23(33)27-17-11-28(9-12(17)8-25)19-16(26)7-14-18(21(19)34-4)29(13-5-6-13)10-15(20(14)30)22(31)32;1-3(6)8-5-9-4(2)7/h7,10,12-13,17H,5-6,8-9,11H2,1-4H3,(H,27,33)(H,31,32);5H,1-2H3/t12-,17+;/m0./s1. The number of ether oxygens (including phenoxy) is 2. The minimum absolute atomic E-state index is 0.0313. The smallest absolute Gasteiger partial charge is 0.502 e. The lowest BCUT2D eigenvalue weighted by Gasteiger charge is -2.25. The molecule has 1 saturated heterocycles. The first-order valence-corrected chi connectivity index (χ1v) is 13.8. The number of carboxylic acids is 1. The summed E-state index contributed by atoms with van der Waals surface area (Å²) in [7, 11) is 1.05. The monoisotopic (exact) mass is 623 g/mol. The summed E-state index contributed by atoms with van der Waals surface area (Å²) in [5.74, 6) is -3.67. The number of fused-ring (bicyclic) bond motifs is 1. The summed E-state index contributed by atoms with van der Waals surface area (Å²) >= 11 is 0. The van der Waals surface area contributed by atoms with E-state index in [1.54, 1.807) is 30.2 Å². The van der Waals surface area contributed by atoms with Gasteiger partial charge >= 0.3 is 19.7 Å². The number of aromatic carboxylic acids is 1. The van der Waals surface area contributed by atoms with Gasteiger partial charge in [-0.1, -0.05) is 0 Å². The number of amides is 1. The maximum absolute atomic E-state index is 15.5. The molecule has 1 aliphatic carbocycles. The van der Waals surface area contributed by atoms with E-state index in [4.69, 9.17) is 9.47 Å². The van der Waals surface area contributed by atoms with Crippen LogP contribution in [0.3, 0.4) is 0 Å². The molecule has 240 valence electrons. The van der Waals surface area contributed by atoms with Gasteiger partial charge < -0.3 is 38.7 Å². The van der Waals surface area contributed by atoms with Gasteiger partial charge in [-0.15, -0.1) is 0 Å². The van der Waals surface area contributed by atoms with Crippen LogP contribution in [-0.4, -0.2) is 79.9 Å². The summed E-state index contributed by atoms with van der Waals surface area (Å²) < 4.78 is 50.4. The zero-order valence-electron chi connectivity index (χ0n) is 25.4. The molecule has 1 aliphatic heterocycles. The zero-order chi connectivity index (χ0) is 32.9. The minimum Gasteiger partial charge on any atom is -0.502 e. The Morgan fingerprint density at radius 1 is 1.11 bits per heavy atom. The fraction of sp³-hybridized carbons (Fsp3) is 0.536. The SMILES string of the molecule is CC(=O)OBOC(C)=O.COc1c(N2C[C@H](CF)[C@H](NC(=O)OC(C)(C)C)C2)c(F)cc2c(=O)c(C(=O)O)cn(C3CC3)c12. The molecule has 1 aromatic carbocycles.